The number of hydrogen-bond donors (Lipinski definition) is 1. The Bertz CT molecular complexity index is 381. The first-order valence-corrected chi connectivity index (χ1v) is 7.73. The van der Waals surface area contributed by atoms with Gasteiger partial charge in [0.1, 0.15) is 5.82 Å². The molecule has 1 N–H and O–H groups in total. The van der Waals surface area contributed by atoms with Crippen molar-refractivity contribution < 1.29 is 9.13 Å². The minimum absolute atomic E-state index is 0.144. The molecule has 0 aromatic heterocycles. The number of ether oxygens (including phenoxy) is 1. The van der Waals surface area contributed by atoms with Gasteiger partial charge in [0.25, 0.3) is 0 Å². The number of rotatable bonds is 10. The van der Waals surface area contributed by atoms with Crippen LogP contribution in [0.15, 0.2) is 18.2 Å². The zero-order valence-corrected chi connectivity index (χ0v) is 13.0. The van der Waals surface area contributed by atoms with Gasteiger partial charge in [-0.1, -0.05) is 13.0 Å². The van der Waals surface area contributed by atoms with Crippen molar-refractivity contribution in [2.24, 2.45) is 0 Å². The average molecular weight is 281 g/mol. The first-order chi connectivity index (χ1) is 9.67. The van der Waals surface area contributed by atoms with E-state index in [1.165, 1.54) is 11.6 Å². The van der Waals surface area contributed by atoms with Crippen molar-refractivity contribution in [3.05, 3.63) is 35.1 Å². The van der Waals surface area contributed by atoms with Crippen molar-refractivity contribution in [3.63, 3.8) is 0 Å². The van der Waals surface area contributed by atoms with E-state index in [4.69, 9.17) is 4.74 Å². The molecule has 0 saturated heterocycles. The fraction of sp³-hybridized carbons (Fsp3) is 0.647. The number of halogens is 1. The summed E-state index contributed by atoms with van der Waals surface area (Å²) >= 11 is 0. The lowest BCUT2D eigenvalue weighted by atomic mass is 9.98. The minimum Gasteiger partial charge on any atom is -0.382 e. The fourth-order valence-corrected chi connectivity index (χ4v) is 2.33. The second-order valence-electron chi connectivity index (χ2n) is 5.27. The zero-order valence-electron chi connectivity index (χ0n) is 13.0. The van der Waals surface area contributed by atoms with E-state index in [1.54, 1.807) is 6.07 Å². The lowest BCUT2D eigenvalue weighted by Crippen LogP contribution is -2.32. The van der Waals surface area contributed by atoms with Crippen LogP contribution in [-0.4, -0.2) is 25.8 Å². The molecule has 0 aliphatic carbocycles. The van der Waals surface area contributed by atoms with Gasteiger partial charge in [-0.15, -0.1) is 0 Å². The van der Waals surface area contributed by atoms with Crippen LogP contribution in [0.1, 0.15) is 44.2 Å². The van der Waals surface area contributed by atoms with Crippen LogP contribution in [0, 0.1) is 12.7 Å². The molecule has 0 saturated carbocycles. The summed E-state index contributed by atoms with van der Waals surface area (Å²) in [5.74, 6) is -0.144. The van der Waals surface area contributed by atoms with Crippen molar-refractivity contribution in [1.82, 2.24) is 5.32 Å². The Kier molecular flexibility index (Phi) is 8.47. The summed E-state index contributed by atoms with van der Waals surface area (Å²) in [5, 5.41) is 3.56. The fourth-order valence-electron chi connectivity index (χ4n) is 2.33. The molecule has 0 amide bonds. The highest BCUT2D eigenvalue weighted by Gasteiger charge is 2.11. The van der Waals surface area contributed by atoms with Gasteiger partial charge in [0, 0.05) is 19.3 Å². The Morgan fingerprint density at radius 1 is 1.30 bits per heavy atom. The van der Waals surface area contributed by atoms with Gasteiger partial charge in [-0.05, 0) is 69.3 Å². The van der Waals surface area contributed by atoms with Gasteiger partial charge in [-0.3, -0.25) is 0 Å². The van der Waals surface area contributed by atoms with Gasteiger partial charge in [0.15, 0.2) is 0 Å². The van der Waals surface area contributed by atoms with Crippen LogP contribution in [0.25, 0.3) is 0 Å². The Morgan fingerprint density at radius 2 is 2.10 bits per heavy atom. The van der Waals surface area contributed by atoms with Crippen molar-refractivity contribution >= 4 is 0 Å². The second-order valence-corrected chi connectivity index (χ2v) is 5.27. The SMILES string of the molecule is CCCNC(CCCOCC)Cc1cc(F)ccc1C. The standard InChI is InChI=1S/C17H28FNO/c1-4-10-19-17(7-6-11-20-5-2)13-15-12-16(18)9-8-14(15)3/h8-9,12,17,19H,4-7,10-11,13H2,1-3H3. The van der Waals surface area contributed by atoms with Crippen LogP contribution < -0.4 is 5.32 Å². The van der Waals surface area contributed by atoms with E-state index >= 15 is 0 Å². The third-order valence-electron chi connectivity index (χ3n) is 3.51. The number of nitrogens with one attached hydrogen (secondary N) is 1. The average Bonchev–Trinajstić information content (AvgIpc) is 2.44. The molecule has 1 rings (SSSR count). The summed E-state index contributed by atoms with van der Waals surface area (Å²) in [7, 11) is 0. The molecule has 1 unspecified atom stereocenters. The van der Waals surface area contributed by atoms with Crippen LogP contribution in [0.3, 0.4) is 0 Å². The number of aryl methyl sites for hydroxylation is 1. The molecular formula is C17H28FNO. The van der Waals surface area contributed by atoms with Gasteiger partial charge < -0.3 is 10.1 Å². The molecule has 1 atom stereocenters. The smallest absolute Gasteiger partial charge is 0.123 e. The van der Waals surface area contributed by atoms with E-state index in [0.717, 1.165) is 51.0 Å². The largest absolute Gasteiger partial charge is 0.382 e. The molecule has 0 spiro atoms. The van der Waals surface area contributed by atoms with Crippen LogP contribution >= 0.6 is 0 Å². The van der Waals surface area contributed by atoms with E-state index in [2.05, 4.69) is 12.2 Å². The molecule has 114 valence electrons. The maximum Gasteiger partial charge on any atom is 0.123 e. The molecule has 0 fully saturated rings. The summed E-state index contributed by atoms with van der Waals surface area (Å²) in [5.41, 5.74) is 2.27. The Labute approximate surface area is 122 Å². The predicted molar refractivity (Wildman–Crippen MR) is 82.6 cm³/mol. The Balaban J connectivity index is 2.55. The van der Waals surface area contributed by atoms with Crippen LogP contribution in [0.4, 0.5) is 4.39 Å². The highest BCUT2D eigenvalue weighted by molar-refractivity contribution is 5.27. The van der Waals surface area contributed by atoms with E-state index < -0.39 is 0 Å². The Morgan fingerprint density at radius 3 is 2.80 bits per heavy atom. The van der Waals surface area contributed by atoms with E-state index in [9.17, 15) is 4.39 Å². The first kappa shape index (κ1) is 17.1. The molecule has 0 aliphatic heterocycles. The van der Waals surface area contributed by atoms with Crippen molar-refractivity contribution in [2.45, 2.75) is 52.5 Å². The summed E-state index contributed by atoms with van der Waals surface area (Å²) in [4.78, 5) is 0. The quantitative estimate of drug-likeness (QED) is 0.658. The van der Waals surface area contributed by atoms with Gasteiger partial charge >= 0.3 is 0 Å². The third kappa shape index (κ3) is 6.49. The monoisotopic (exact) mass is 281 g/mol. The molecular weight excluding hydrogens is 253 g/mol. The molecule has 0 bridgehead atoms. The van der Waals surface area contributed by atoms with Crippen LogP contribution in [-0.2, 0) is 11.2 Å². The third-order valence-corrected chi connectivity index (χ3v) is 3.51. The zero-order chi connectivity index (χ0) is 14.8. The molecule has 1 aromatic carbocycles. The van der Waals surface area contributed by atoms with Crippen molar-refractivity contribution in [3.8, 4) is 0 Å². The molecule has 20 heavy (non-hydrogen) atoms. The maximum atomic E-state index is 13.4. The van der Waals surface area contributed by atoms with E-state index in [0.29, 0.717) is 6.04 Å². The van der Waals surface area contributed by atoms with E-state index in [1.807, 2.05) is 19.9 Å². The first-order valence-electron chi connectivity index (χ1n) is 7.73. The Hall–Kier alpha value is -0.930. The highest BCUT2D eigenvalue weighted by atomic mass is 19.1. The summed E-state index contributed by atoms with van der Waals surface area (Å²) in [6, 6.07) is 5.46. The van der Waals surface area contributed by atoms with Crippen LogP contribution in [0.5, 0.6) is 0 Å². The van der Waals surface area contributed by atoms with Gasteiger partial charge in [0.2, 0.25) is 0 Å². The van der Waals surface area contributed by atoms with Crippen LogP contribution in [0.2, 0.25) is 0 Å². The highest BCUT2D eigenvalue weighted by Crippen LogP contribution is 2.14. The summed E-state index contributed by atoms with van der Waals surface area (Å²) < 4.78 is 18.8. The lowest BCUT2D eigenvalue weighted by Gasteiger charge is -2.19. The molecule has 0 aliphatic rings. The summed E-state index contributed by atoms with van der Waals surface area (Å²) in [6.07, 6.45) is 4.11. The lowest BCUT2D eigenvalue weighted by molar-refractivity contribution is 0.140. The molecule has 1 aromatic rings. The van der Waals surface area contributed by atoms with E-state index in [-0.39, 0.29) is 5.82 Å². The molecule has 0 heterocycles. The van der Waals surface area contributed by atoms with Gasteiger partial charge in [-0.25, -0.2) is 4.39 Å². The minimum atomic E-state index is -0.144. The van der Waals surface area contributed by atoms with Crippen molar-refractivity contribution in [2.75, 3.05) is 19.8 Å². The maximum absolute atomic E-state index is 13.4. The van der Waals surface area contributed by atoms with Gasteiger partial charge in [-0.2, -0.15) is 0 Å². The van der Waals surface area contributed by atoms with Gasteiger partial charge in [0.05, 0.1) is 0 Å². The van der Waals surface area contributed by atoms with Crippen molar-refractivity contribution in [1.29, 1.82) is 0 Å². The normalized spacial score (nSPS) is 12.6. The number of benzene rings is 1. The summed E-state index contributed by atoms with van der Waals surface area (Å²) in [6.45, 7) is 8.82. The molecule has 0 radical (unpaired) electrons. The number of hydrogen-bond acceptors (Lipinski definition) is 2. The molecule has 3 heteroatoms. The second kappa shape index (κ2) is 9.89. The molecule has 2 nitrogen and oxygen atoms in total. The predicted octanol–water partition coefficient (Wildman–Crippen LogP) is 3.86. The topological polar surface area (TPSA) is 21.3 Å².